The molecule has 99 heavy (non-hydrogen) atoms. The van der Waals surface area contributed by atoms with Gasteiger partial charge in [0.1, 0.15) is 42.3 Å². The predicted molar refractivity (Wildman–Crippen MR) is 417 cm³/mol. The molecule has 0 radical (unpaired) electrons. The molecule has 0 unspecified atom stereocenters. The van der Waals surface area contributed by atoms with Crippen molar-refractivity contribution in [2.24, 2.45) is 42.3 Å². The van der Waals surface area contributed by atoms with Crippen molar-refractivity contribution in [3.8, 4) is 67.5 Å². The molecular formula is C93H114N6+6. The maximum absolute atomic E-state index is 2.30. The van der Waals surface area contributed by atoms with Gasteiger partial charge in [0.05, 0.1) is 0 Å². The Kier molecular flexibility index (Phi) is 28.8. The summed E-state index contributed by atoms with van der Waals surface area (Å²) in [5, 5.41) is 0. The molecular weight excluding hydrogens is 1200 g/mol. The van der Waals surface area contributed by atoms with E-state index >= 15 is 0 Å². The minimum Gasteiger partial charge on any atom is -0.201 e. The summed E-state index contributed by atoms with van der Waals surface area (Å²) in [5.74, 6) is 1.68. The predicted octanol–water partition coefficient (Wildman–Crippen LogP) is 20.0. The molecule has 510 valence electrons. The summed E-state index contributed by atoms with van der Waals surface area (Å²) in [5.41, 5.74) is 32.0. The van der Waals surface area contributed by atoms with E-state index in [0.29, 0.717) is 17.8 Å². The lowest BCUT2D eigenvalue weighted by Gasteiger charge is -2.11. The van der Waals surface area contributed by atoms with Crippen LogP contribution in [0, 0.1) is 41.5 Å². The fraction of sp³-hybridized carbons (Fsp3) is 0.290. The zero-order chi connectivity index (χ0) is 71.9. The molecule has 0 bridgehead atoms. The summed E-state index contributed by atoms with van der Waals surface area (Å²) < 4.78 is 13.2. The van der Waals surface area contributed by atoms with Gasteiger partial charge in [0.15, 0.2) is 37.2 Å². The molecule has 0 N–H and O–H groups in total. The van der Waals surface area contributed by atoms with Crippen LogP contribution >= 0.6 is 0 Å². The monoisotopic (exact) mass is 1310 g/mol. The van der Waals surface area contributed by atoms with Gasteiger partial charge in [0, 0.05) is 104 Å². The Bertz CT molecular complexity index is 4590. The molecule has 0 fully saturated rings. The number of hydrogen-bond acceptors (Lipinski definition) is 0. The number of benzene rings is 6. The Morgan fingerprint density at radius 3 is 1.04 bits per heavy atom. The lowest BCUT2D eigenvalue weighted by molar-refractivity contribution is -0.661. The standard InChI is InChI=1S/3C16H20N.3C15H18N/c1-12(2)14-10-7-11-17(4)16(14)15-9-6-5-8-13(15)3;1-12(2)14-9-10-17(4)16(11-14)15-8-6-5-7-13(15)3;1-12(2)14-9-10-16(17(4)11-14)15-8-6-5-7-13(15)3;1-4-13-9-7-11-16(3)15(13)14-10-6-5-8-12(14)2;1-4-13-9-10-16(3)15(11-13)14-8-6-5-7-12(14)2;1-4-13-9-10-15(16(3)11-13)14-8-6-5-7-12(14)2/h3*5-12H,1-4H3;3*5-11H,4H2,1-3H3/q6*+1. The molecule has 0 aliphatic carbocycles. The molecule has 0 spiro atoms. The van der Waals surface area contributed by atoms with Gasteiger partial charge in [-0.3, -0.25) is 0 Å². The molecule has 12 aromatic rings. The zero-order valence-electron chi connectivity index (χ0n) is 63.8. The molecule has 0 aliphatic rings. The van der Waals surface area contributed by atoms with E-state index in [0.717, 1.165) is 19.3 Å². The molecule has 12 rings (SSSR count). The van der Waals surface area contributed by atoms with Crippen LogP contribution in [0.4, 0.5) is 0 Å². The summed E-state index contributed by atoms with van der Waals surface area (Å²) in [4.78, 5) is 0. The third-order valence-electron chi connectivity index (χ3n) is 18.9. The first-order chi connectivity index (χ1) is 47.5. The first kappa shape index (κ1) is 76.6. The summed E-state index contributed by atoms with van der Waals surface area (Å²) in [6, 6.07) is 77.7. The molecule has 0 atom stereocenters. The van der Waals surface area contributed by atoms with Crippen molar-refractivity contribution in [3.05, 3.63) is 322 Å². The van der Waals surface area contributed by atoms with Crippen LogP contribution in [0.5, 0.6) is 0 Å². The summed E-state index contributed by atoms with van der Waals surface area (Å²) in [6.45, 7) is 33.0. The van der Waals surface area contributed by atoms with Crippen LogP contribution in [0.25, 0.3) is 67.5 Å². The van der Waals surface area contributed by atoms with Crippen molar-refractivity contribution >= 4 is 0 Å². The molecule has 6 nitrogen and oxygen atoms in total. The van der Waals surface area contributed by atoms with Crippen LogP contribution in [-0.4, -0.2) is 0 Å². The van der Waals surface area contributed by atoms with E-state index in [2.05, 4.69) is 429 Å². The highest BCUT2D eigenvalue weighted by molar-refractivity contribution is 5.67. The Balaban J connectivity index is 0.000000167. The van der Waals surface area contributed by atoms with E-state index in [1.165, 1.54) is 134 Å². The highest BCUT2D eigenvalue weighted by atomic mass is 14.9. The van der Waals surface area contributed by atoms with Crippen LogP contribution < -0.4 is 27.4 Å². The molecule has 6 heteroatoms. The average Bonchev–Trinajstić information content (AvgIpc) is 0.850. The molecule has 0 amide bonds. The highest BCUT2D eigenvalue weighted by Crippen LogP contribution is 2.30. The number of pyridine rings is 6. The highest BCUT2D eigenvalue weighted by Gasteiger charge is 2.21. The van der Waals surface area contributed by atoms with E-state index in [1.807, 2.05) is 0 Å². The Morgan fingerprint density at radius 2 is 0.636 bits per heavy atom. The second-order valence-electron chi connectivity index (χ2n) is 27.3. The van der Waals surface area contributed by atoms with Gasteiger partial charge in [-0.05, 0) is 184 Å². The van der Waals surface area contributed by atoms with Crippen LogP contribution in [0.2, 0.25) is 0 Å². The second kappa shape index (κ2) is 37.3. The smallest absolute Gasteiger partial charge is 0.201 e. The quantitative estimate of drug-likeness (QED) is 0.109. The molecule has 0 saturated carbocycles. The van der Waals surface area contributed by atoms with E-state index in [4.69, 9.17) is 0 Å². The van der Waals surface area contributed by atoms with Crippen molar-refractivity contribution in [2.45, 2.75) is 141 Å². The zero-order valence-corrected chi connectivity index (χ0v) is 63.8. The van der Waals surface area contributed by atoms with E-state index in [9.17, 15) is 0 Å². The topological polar surface area (TPSA) is 23.3 Å². The number of aryl methyl sites for hydroxylation is 15. The maximum Gasteiger partial charge on any atom is 0.215 e. The van der Waals surface area contributed by atoms with Crippen molar-refractivity contribution in [3.63, 3.8) is 0 Å². The third-order valence-corrected chi connectivity index (χ3v) is 18.9. The van der Waals surface area contributed by atoms with Crippen LogP contribution in [0.15, 0.2) is 256 Å². The fourth-order valence-electron chi connectivity index (χ4n) is 12.6. The van der Waals surface area contributed by atoms with Gasteiger partial charge in [-0.2, -0.15) is 0 Å². The van der Waals surface area contributed by atoms with Gasteiger partial charge in [0.2, 0.25) is 34.2 Å². The van der Waals surface area contributed by atoms with Crippen LogP contribution in [0.3, 0.4) is 0 Å². The average molecular weight is 1320 g/mol. The molecule has 6 heterocycles. The molecule has 6 aromatic carbocycles. The molecule has 0 aliphatic heterocycles. The van der Waals surface area contributed by atoms with Crippen molar-refractivity contribution < 1.29 is 27.4 Å². The maximum atomic E-state index is 2.30. The van der Waals surface area contributed by atoms with E-state index in [-0.39, 0.29) is 0 Å². The van der Waals surface area contributed by atoms with Crippen molar-refractivity contribution in [2.75, 3.05) is 0 Å². The van der Waals surface area contributed by atoms with Gasteiger partial charge in [-0.25, -0.2) is 27.4 Å². The van der Waals surface area contributed by atoms with Crippen LogP contribution in [-0.2, 0) is 61.5 Å². The van der Waals surface area contributed by atoms with Gasteiger partial charge in [-0.15, -0.1) is 0 Å². The first-order valence-electron chi connectivity index (χ1n) is 35.8. The normalized spacial score (nSPS) is 10.7. The second-order valence-corrected chi connectivity index (χ2v) is 27.3. The summed E-state index contributed by atoms with van der Waals surface area (Å²) in [7, 11) is 12.7. The largest absolute Gasteiger partial charge is 0.215 e. The minimum atomic E-state index is 0.539. The van der Waals surface area contributed by atoms with Gasteiger partial charge >= 0.3 is 0 Å². The Morgan fingerprint density at radius 1 is 0.263 bits per heavy atom. The number of rotatable bonds is 12. The minimum absolute atomic E-state index is 0.539. The van der Waals surface area contributed by atoms with Crippen molar-refractivity contribution in [1.82, 2.24) is 0 Å². The third kappa shape index (κ3) is 20.6. The first-order valence-corrected chi connectivity index (χ1v) is 35.8. The fourth-order valence-corrected chi connectivity index (χ4v) is 12.6. The summed E-state index contributed by atoms with van der Waals surface area (Å²) >= 11 is 0. The van der Waals surface area contributed by atoms with E-state index in [1.54, 1.807) is 0 Å². The number of aromatic nitrogens is 6. The van der Waals surface area contributed by atoms with Crippen molar-refractivity contribution in [1.29, 1.82) is 0 Å². The van der Waals surface area contributed by atoms with Crippen LogP contribution in [0.1, 0.15) is 147 Å². The van der Waals surface area contributed by atoms with Gasteiger partial charge < -0.3 is 0 Å². The number of hydrogen-bond donors (Lipinski definition) is 0. The van der Waals surface area contributed by atoms with Gasteiger partial charge in [0.25, 0.3) is 0 Å². The SMILES string of the molecule is CCc1cc[n+](C)c(-c2ccccc2C)c1.CCc1ccc(-c2ccccc2C)[n+](C)c1.CCc1ccc[n+](C)c1-c1ccccc1C.Cc1ccccc1-c1c(C(C)C)ccc[n+]1C.Cc1ccccc1-c1cc(C(C)C)cc[n+]1C.Cc1ccccc1-c1ccc(C(C)C)c[n+]1C. The van der Waals surface area contributed by atoms with Gasteiger partial charge in [-0.1, -0.05) is 172 Å². The lowest BCUT2D eigenvalue weighted by atomic mass is 9.94. The Labute approximate surface area is 597 Å². The lowest BCUT2D eigenvalue weighted by Crippen LogP contribution is -2.32. The summed E-state index contributed by atoms with van der Waals surface area (Å²) in [6.07, 6.45) is 16.2. The molecule has 6 aromatic heterocycles. The number of nitrogens with zero attached hydrogens (tertiary/aromatic N) is 6. The Hall–Kier alpha value is -9.78. The van der Waals surface area contributed by atoms with E-state index < -0.39 is 0 Å². The molecule has 0 saturated heterocycles.